The van der Waals surface area contributed by atoms with Crippen molar-refractivity contribution in [1.82, 2.24) is 5.32 Å². The van der Waals surface area contributed by atoms with Crippen LogP contribution in [0, 0.1) is 5.92 Å². The van der Waals surface area contributed by atoms with Gasteiger partial charge in [-0.3, -0.25) is 4.99 Å². The largest absolute Gasteiger partial charge is 0.402 e. The van der Waals surface area contributed by atoms with Gasteiger partial charge in [-0.15, -0.1) is 0 Å². The van der Waals surface area contributed by atoms with Gasteiger partial charge in [0.15, 0.2) is 0 Å². The third-order valence-electron chi connectivity index (χ3n) is 4.49. The van der Waals surface area contributed by atoms with E-state index in [0.717, 1.165) is 47.5 Å². The normalized spacial score (nSPS) is 25.6. The molecule has 0 saturated heterocycles. The Morgan fingerprint density at radius 3 is 2.96 bits per heavy atom. The third kappa shape index (κ3) is 5.21. The molecule has 0 fully saturated rings. The van der Waals surface area contributed by atoms with E-state index in [2.05, 4.69) is 74.1 Å². The van der Waals surface area contributed by atoms with Crippen molar-refractivity contribution in [3.8, 4) is 0 Å². The lowest BCUT2D eigenvalue weighted by atomic mass is 9.93. The van der Waals surface area contributed by atoms with Crippen LogP contribution in [-0.2, 0) is 0 Å². The molecule has 0 aromatic carbocycles. The lowest BCUT2D eigenvalue weighted by Gasteiger charge is -2.12. The Kier molecular flexibility index (Phi) is 6.81. The highest BCUT2D eigenvalue weighted by Gasteiger charge is 2.11. The predicted molar refractivity (Wildman–Crippen MR) is 109 cm³/mol. The predicted octanol–water partition coefficient (Wildman–Crippen LogP) is 4.36. The number of rotatable bonds is 5. The molecule has 2 heterocycles. The SMILES string of the molecule is C=C1/C=C(C(C)/C=C\C(C)=C(/N)CC)\C=C/CN/C=C\1C1=CCN=C1. The van der Waals surface area contributed by atoms with Crippen LogP contribution < -0.4 is 11.1 Å². The van der Waals surface area contributed by atoms with Crippen LogP contribution in [0.5, 0.6) is 0 Å². The highest BCUT2D eigenvalue weighted by Crippen LogP contribution is 2.25. The van der Waals surface area contributed by atoms with Crippen molar-refractivity contribution in [2.75, 3.05) is 13.1 Å². The van der Waals surface area contributed by atoms with E-state index in [4.69, 9.17) is 5.73 Å². The summed E-state index contributed by atoms with van der Waals surface area (Å²) < 4.78 is 0. The molecule has 0 aromatic heterocycles. The van der Waals surface area contributed by atoms with Crippen LogP contribution >= 0.6 is 0 Å². The van der Waals surface area contributed by atoms with Crippen LogP contribution in [0.2, 0.25) is 0 Å². The van der Waals surface area contributed by atoms with E-state index in [9.17, 15) is 0 Å². The third-order valence-corrected chi connectivity index (χ3v) is 4.49. The standard InChI is InChI=1S/C22H29N3/c1-5-22(23)17(3)9-8-16(2)19-7-6-11-24-15-21(18(4)13-19)20-10-12-25-14-20/h6-10,13-16,24H,4-5,11-12,23H2,1-3H3/b7-6-,9-8-,19-13+,21-15+,22-17-. The number of nitrogens with one attached hydrogen (secondary N) is 1. The first-order valence-electron chi connectivity index (χ1n) is 8.87. The average Bonchev–Trinajstić information content (AvgIpc) is 3.15. The van der Waals surface area contributed by atoms with Crippen LogP contribution in [0.3, 0.4) is 0 Å². The number of allylic oxidation sites excluding steroid dienone is 10. The second kappa shape index (κ2) is 9.07. The summed E-state index contributed by atoms with van der Waals surface area (Å²) in [5.74, 6) is 0.276. The van der Waals surface area contributed by atoms with Gasteiger partial charge in [0.25, 0.3) is 0 Å². The second-order valence-electron chi connectivity index (χ2n) is 6.40. The molecule has 2 aliphatic heterocycles. The Morgan fingerprint density at radius 1 is 1.48 bits per heavy atom. The van der Waals surface area contributed by atoms with Gasteiger partial charge < -0.3 is 11.1 Å². The highest BCUT2D eigenvalue weighted by molar-refractivity contribution is 5.89. The van der Waals surface area contributed by atoms with Crippen LogP contribution in [0.15, 0.2) is 87.8 Å². The zero-order valence-corrected chi connectivity index (χ0v) is 15.5. The molecule has 0 aromatic rings. The van der Waals surface area contributed by atoms with E-state index >= 15 is 0 Å². The molecule has 0 radical (unpaired) electrons. The Bertz CT molecular complexity index is 724. The minimum atomic E-state index is 0.276. The second-order valence-corrected chi connectivity index (χ2v) is 6.40. The molecule has 0 amide bonds. The molecular weight excluding hydrogens is 306 g/mol. The maximum absolute atomic E-state index is 6.01. The molecule has 25 heavy (non-hydrogen) atoms. The van der Waals surface area contributed by atoms with Gasteiger partial charge in [0, 0.05) is 30.2 Å². The maximum atomic E-state index is 6.01. The summed E-state index contributed by atoms with van der Waals surface area (Å²) in [6.07, 6.45) is 17.8. The molecule has 0 spiro atoms. The van der Waals surface area contributed by atoms with Crippen molar-refractivity contribution in [3.05, 3.63) is 82.8 Å². The van der Waals surface area contributed by atoms with Crippen molar-refractivity contribution in [1.29, 1.82) is 0 Å². The van der Waals surface area contributed by atoms with Gasteiger partial charge in [-0.2, -0.15) is 0 Å². The number of nitrogens with zero attached hydrogens (tertiary/aromatic N) is 1. The zero-order chi connectivity index (χ0) is 18.2. The molecule has 3 heteroatoms. The summed E-state index contributed by atoms with van der Waals surface area (Å²) in [6, 6.07) is 0. The molecule has 132 valence electrons. The molecule has 0 bridgehead atoms. The fraction of sp³-hybridized carbons (Fsp3) is 0.318. The lowest BCUT2D eigenvalue weighted by molar-refractivity contribution is 0.884. The number of hydrogen-bond acceptors (Lipinski definition) is 3. The maximum Gasteiger partial charge on any atom is 0.0580 e. The van der Waals surface area contributed by atoms with E-state index < -0.39 is 0 Å². The summed E-state index contributed by atoms with van der Waals surface area (Å²) in [4.78, 5) is 4.29. The molecule has 2 aliphatic rings. The first-order valence-corrected chi connectivity index (χ1v) is 8.87. The van der Waals surface area contributed by atoms with Crippen molar-refractivity contribution in [2.24, 2.45) is 16.6 Å². The number of aliphatic imine (C=N–C) groups is 1. The summed E-state index contributed by atoms with van der Waals surface area (Å²) in [5, 5.41) is 3.33. The number of nitrogens with two attached hydrogens (primary N) is 1. The first-order chi connectivity index (χ1) is 12.0. The Labute approximate surface area is 151 Å². The average molecular weight is 335 g/mol. The van der Waals surface area contributed by atoms with Crippen LogP contribution in [0.4, 0.5) is 0 Å². The summed E-state index contributed by atoms with van der Waals surface area (Å²) in [7, 11) is 0. The van der Waals surface area contributed by atoms with Crippen molar-refractivity contribution < 1.29 is 0 Å². The molecule has 0 aliphatic carbocycles. The van der Waals surface area contributed by atoms with Gasteiger partial charge in [-0.1, -0.05) is 56.9 Å². The van der Waals surface area contributed by atoms with Gasteiger partial charge in [-0.25, -0.2) is 0 Å². The van der Waals surface area contributed by atoms with Gasteiger partial charge in [0.1, 0.15) is 0 Å². The molecule has 0 saturated carbocycles. The summed E-state index contributed by atoms with van der Waals surface area (Å²) >= 11 is 0. The lowest BCUT2D eigenvalue weighted by Crippen LogP contribution is -2.06. The molecule has 3 N–H and O–H groups in total. The molecule has 1 atom stereocenters. The van der Waals surface area contributed by atoms with Gasteiger partial charge in [-0.05, 0) is 41.6 Å². The van der Waals surface area contributed by atoms with Gasteiger partial charge >= 0.3 is 0 Å². The van der Waals surface area contributed by atoms with Gasteiger partial charge in [0.2, 0.25) is 0 Å². The minimum Gasteiger partial charge on any atom is -0.402 e. The topological polar surface area (TPSA) is 50.4 Å². The molecule has 1 unspecified atom stereocenters. The summed E-state index contributed by atoms with van der Waals surface area (Å²) in [6.45, 7) is 12.1. The van der Waals surface area contributed by atoms with E-state index in [1.165, 1.54) is 5.57 Å². The van der Waals surface area contributed by atoms with E-state index in [0.29, 0.717) is 0 Å². The van der Waals surface area contributed by atoms with Crippen LogP contribution in [0.25, 0.3) is 0 Å². The fourth-order valence-corrected chi connectivity index (χ4v) is 2.72. The Hall–Kier alpha value is -2.55. The zero-order valence-electron chi connectivity index (χ0n) is 15.5. The molecule has 3 nitrogen and oxygen atoms in total. The van der Waals surface area contributed by atoms with E-state index in [1.807, 2.05) is 12.4 Å². The van der Waals surface area contributed by atoms with Crippen molar-refractivity contribution >= 4 is 6.21 Å². The number of hydrogen-bond donors (Lipinski definition) is 2. The first kappa shape index (κ1) is 18.8. The van der Waals surface area contributed by atoms with E-state index in [1.54, 1.807) is 0 Å². The van der Waals surface area contributed by atoms with Crippen LogP contribution in [0.1, 0.15) is 27.2 Å². The summed E-state index contributed by atoms with van der Waals surface area (Å²) in [5.41, 5.74) is 12.5. The monoisotopic (exact) mass is 335 g/mol. The van der Waals surface area contributed by atoms with Gasteiger partial charge in [0.05, 0.1) is 6.54 Å². The van der Waals surface area contributed by atoms with Crippen molar-refractivity contribution in [2.45, 2.75) is 27.2 Å². The Balaban J connectivity index is 2.25. The minimum absolute atomic E-state index is 0.276. The molecular formula is C22H29N3. The van der Waals surface area contributed by atoms with Crippen molar-refractivity contribution in [3.63, 3.8) is 0 Å². The smallest absolute Gasteiger partial charge is 0.0580 e. The van der Waals surface area contributed by atoms with Crippen LogP contribution in [-0.4, -0.2) is 19.3 Å². The van der Waals surface area contributed by atoms with E-state index in [-0.39, 0.29) is 5.92 Å². The highest BCUT2D eigenvalue weighted by atomic mass is 14.8. The Morgan fingerprint density at radius 2 is 2.28 bits per heavy atom. The molecule has 2 rings (SSSR count). The fourth-order valence-electron chi connectivity index (χ4n) is 2.72. The quantitative estimate of drug-likeness (QED) is 0.734.